The van der Waals surface area contributed by atoms with Crippen molar-refractivity contribution in [1.29, 1.82) is 0 Å². The van der Waals surface area contributed by atoms with Gasteiger partial charge in [0, 0.05) is 19.5 Å². The van der Waals surface area contributed by atoms with E-state index >= 15 is 0 Å². The number of carbonyl (C=O) groups excluding carboxylic acids is 1. The van der Waals surface area contributed by atoms with Crippen molar-refractivity contribution in [3.63, 3.8) is 0 Å². The van der Waals surface area contributed by atoms with Crippen molar-refractivity contribution < 1.29 is 23.1 Å². The fourth-order valence-electron chi connectivity index (χ4n) is 3.46. The molecule has 2 aromatic rings. The van der Waals surface area contributed by atoms with E-state index in [2.05, 4.69) is 5.32 Å². The highest BCUT2D eigenvalue weighted by Crippen LogP contribution is 2.24. The predicted molar refractivity (Wildman–Crippen MR) is 108 cm³/mol. The maximum Gasteiger partial charge on any atom is 0.326 e. The molecule has 2 N–H and O–H groups in total. The fourth-order valence-corrected chi connectivity index (χ4v) is 5.00. The molecule has 1 aliphatic heterocycles. The number of rotatable bonds is 7. The van der Waals surface area contributed by atoms with Crippen molar-refractivity contribution >= 4 is 21.9 Å². The van der Waals surface area contributed by atoms with Gasteiger partial charge in [-0.05, 0) is 30.5 Å². The molecule has 3 rings (SSSR count). The van der Waals surface area contributed by atoms with Crippen molar-refractivity contribution in [2.45, 2.75) is 30.2 Å². The van der Waals surface area contributed by atoms with Crippen LogP contribution in [0.2, 0.25) is 0 Å². The van der Waals surface area contributed by atoms with Gasteiger partial charge in [0.15, 0.2) is 0 Å². The molecule has 1 saturated heterocycles. The molecule has 0 radical (unpaired) electrons. The molecule has 0 spiro atoms. The molecule has 8 heteroatoms. The average Bonchev–Trinajstić information content (AvgIpc) is 2.74. The van der Waals surface area contributed by atoms with Crippen molar-refractivity contribution in [1.82, 2.24) is 9.62 Å². The standard InChI is InChI=1S/C21H24N2O5S/c24-20(22-19(21(25)26)14-16-8-3-1-4-9-16)17-10-7-13-23(15-17)29(27,28)18-11-5-2-6-12-18/h1-6,8-9,11-12,17,19H,7,10,13-15H2,(H,22,24)(H,25,26)/t17-,19+/m0/s1. The van der Waals surface area contributed by atoms with E-state index in [1.165, 1.54) is 16.4 Å². The number of nitrogens with one attached hydrogen (secondary N) is 1. The van der Waals surface area contributed by atoms with Gasteiger partial charge in [-0.2, -0.15) is 4.31 Å². The summed E-state index contributed by atoms with van der Waals surface area (Å²) in [7, 11) is -3.68. The molecule has 0 aliphatic carbocycles. The van der Waals surface area contributed by atoms with Gasteiger partial charge < -0.3 is 10.4 Å². The molecule has 0 unspecified atom stereocenters. The Kier molecular flexibility index (Phi) is 6.66. The van der Waals surface area contributed by atoms with Gasteiger partial charge in [0.1, 0.15) is 6.04 Å². The van der Waals surface area contributed by atoms with Gasteiger partial charge in [0.2, 0.25) is 15.9 Å². The van der Waals surface area contributed by atoms with Crippen molar-refractivity contribution in [3.05, 3.63) is 66.2 Å². The van der Waals surface area contributed by atoms with E-state index in [1.807, 2.05) is 18.2 Å². The van der Waals surface area contributed by atoms with Crippen LogP contribution in [-0.4, -0.2) is 48.8 Å². The van der Waals surface area contributed by atoms with E-state index in [4.69, 9.17) is 0 Å². The Balaban J connectivity index is 1.68. The number of carboxylic acids is 1. The Morgan fingerprint density at radius 3 is 2.31 bits per heavy atom. The highest BCUT2D eigenvalue weighted by atomic mass is 32.2. The largest absolute Gasteiger partial charge is 0.480 e. The summed E-state index contributed by atoms with van der Waals surface area (Å²) in [5.41, 5.74) is 0.803. The van der Waals surface area contributed by atoms with Gasteiger partial charge >= 0.3 is 5.97 Å². The van der Waals surface area contributed by atoms with E-state index in [-0.39, 0.29) is 17.9 Å². The van der Waals surface area contributed by atoms with Gasteiger partial charge in [-0.25, -0.2) is 13.2 Å². The van der Waals surface area contributed by atoms with Crippen LogP contribution in [0.15, 0.2) is 65.6 Å². The lowest BCUT2D eigenvalue weighted by molar-refractivity contribution is -0.142. The lowest BCUT2D eigenvalue weighted by Crippen LogP contribution is -2.50. The van der Waals surface area contributed by atoms with E-state index in [0.29, 0.717) is 19.4 Å². The molecule has 1 fully saturated rings. The van der Waals surface area contributed by atoms with Crippen LogP contribution < -0.4 is 5.32 Å². The Hall–Kier alpha value is -2.71. The van der Waals surface area contributed by atoms with Gasteiger partial charge in [-0.3, -0.25) is 4.79 Å². The normalized spacial score (nSPS) is 18.7. The summed E-state index contributed by atoms with van der Waals surface area (Å²) in [6.07, 6.45) is 1.23. The zero-order chi connectivity index (χ0) is 20.9. The lowest BCUT2D eigenvalue weighted by Gasteiger charge is -2.31. The number of benzene rings is 2. The predicted octanol–water partition coefficient (Wildman–Crippen LogP) is 1.90. The summed E-state index contributed by atoms with van der Waals surface area (Å²) in [5, 5.41) is 12.1. The third kappa shape index (κ3) is 5.21. The Morgan fingerprint density at radius 1 is 1.07 bits per heavy atom. The number of hydrogen-bond acceptors (Lipinski definition) is 4. The van der Waals surface area contributed by atoms with Crippen LogP contribution in [-0.2, 0) is 26.0 Å². The van der Waals surface area contributed by atoms with E-state index in [9.17, 15) is 23.1 Å². The van der Waals surface area contributed by atoms with E-state index < -0.39 is 33.9 Å². The smallest absolute Gasteiger partial charge is 0.326 e. The minimum Gasteiger partial charge on any atom is -0.480 e. The van der Waals surface area contributed by atoms with Crippen LogP contribution in [0.4, 0.5) is 0 Å². The summed E-state index contributed by atoms with van der Waals surface area (Å²) in [6, 6.07) is 16.1. The summed E-state index contributed by atoms with van der Waals surface area (Å²) in [4.78, 5) is 24.5. The number of hydrogen-bond donors (Lipinski definition) is 2. The Bertz CT molecular complexity index is 948. The van der Waals surface area contributed by atoms with E-state index in [0.717, 1.165) is 5.56 Å². The second-order valence-corrected chi connectivity index (χ2v) is 9.04. The maximum atomic E-state index is 12.8. The molecule has 0 saturated carbocycles. The molecule has 0 bridgehead atoms. The second-order valence-electron chi connectivity index (χ2n) is 7.10. The monoisotopic (exact) mass is 416 g/mol. The average molecular weight is 416 g/mol. The third-order valence-electron chi connectivity index (χ3n) is 5.03. The van der Waals surface area contributed by atoms with Gasteiger partial charge in [0.25, 0.3) is 0 Å². The molecular formula is C21H24N2O5S. The molecule has 2 aromatic carbocycles. The molecule has 7 nitrogen and oxygen atoms in total. The molecule has 1 aliphatic rings. The first kappa shape index (κ1) is 21.0. The fraction of sp³-hybridized carbons (Fsp3) is 0.333. The molecule has 154 valence electrons. The van der Waals surface area contributed by atoms with Gasteiger partial charge in [0.05, 0.1) is 10.8 Å². The minimum atomic E-state index is -3.68. The number of sulfonamides is 1. The number of piperidine rings is 1. The van der Waals surface area contributed by atoms with E-state index in [1.54, 1.807) is 30.3 Å². The third-order valence-corrected chi connectivity index (χ3v) is 6.91. The highest BCUT2D eigenvalue weighted by molar-refractivity contribution is 7.89. The molecule has 1 amide bonds. The number of amides is 1. The van der Waals surface area contributed by atoms with Gasteiger partial charge in [-0.15, -0.1) is 0 Å². The summed E-state index contributed by atoms with van der Waals surface area (Å²) >= 11 is 0. The Morgan fingerprint density at radius 2 is 1.69 bits per heavy atom. The Labute approximate surface area is 170 Å². The first-order valence-electron chi connectivity index (χ1n) is 9.50. The quantitative estimate of drug-likeness (QED) is 0.717. The van der Waals surface area contributed by atoms with Gasteiger partial charge in [-0.1, -0.05) is 48.5 Å². The minimum absolute atomic E-state index is 0.0424. The molecule has 1 heterocycles. The zero-order valence-corrected chi connectivity index (χ0v) is 16.7. The van der Waals surface area contributed by atoms with Crippen LogP contribution in [0.3, 0.4) is 0 Å². The summed E-state index contributed by atoms with van der Waals surface area (Å²) in [6.45, 7) is 0.383. The second kappa shape index (κ2) is 9.19. The number of aliphatic carboxylic acids is 1. The molecule has 29 heavy (non-hydrogen) atoms. The zero-order valence-electron chi connectivity index (χ0n) is 15.9. The summed E-state index contributed by atoms with van der Waals surface area (Å²) in [5.74, 6) is -2.13. The van der Waals surface area contributed by atoms with Crippen molar-refractivity contribution in [2.75, 3.05) is 13.1 Å². The van der Waals surface area contributed by atoms with Crippen LogP contribution in [0, 0.1) is 5.92 Å². The number of carboxylic acid groups (broad SMARTS) is 1. The topological polar surface area (TPSA) is 104 Å². The summed E-state index contributed by atoms with van der Waals surface area (Å²) < 4.78 is 27.0. The van der Waals surface area contributed by atoms with Crippen molar-refractivity contribution in [2.24, 2.45) is 5.92 Å². The molecule has 0 aromatic heterocycles. The van der Waals surface area contributed by atoms with Crippen LogP contribution in [0.1, 0.15) is 18.4 Å². The first-order chi connectivity index (χ1) is 13.9. The lowest BCUT2D eigenvalue weighted by atomic mass is 9.97. The molecule has 2 atom stereocenters. The van der Waals surface area contributed by atoms with Crippen LogP contribution >= 0.6 is 0 Å². The van der Waals surface area contributed by atoms with Crippen LogP contribution in [0.5, 0.6) is 0 Å². The van der Waals surface area contributed by atoms with Crippen LogP contribution in [0.25, 0.3) is 0 Å². The first-order valence-corrected chi connectivity index (χ1v) is 10.9. The van der Waals surface area contributed by atoms with Crippen molar-refractivity contribution in [3.8, 4) is 0 Å². The highest BCUT2D eigenvalue weighted by Gasteiger charge is 2.34. The SMILES string of the molecule is O=C(N[C@H](Cc1ccccc1)C(=O)O)[C@H]1CCCN(S(=O)(=O)c2ccccc2)C1. The number of carbonyl (C=O) groups is 2. The maximum absolute atomic E-state index is 12.8. The number of nitrogens with zero attached hydrogens (tertiary/aromatic N) is 1. The molecular weight excluding hydrogens is 392 g/mol.